The number of aryl methyl sites for hydroxylation is 1. The Morgan fingerprint density at radius 2 is 1.94 bits per heavy atom. The van der Waals surface area contributed by atoms with Crippen LogP contribution >= 0.6 is 0 Å². The van der Waals surface area contributed by atoms with Gasteiger partial charge in [0, 0.05) is 25.3 Å². The Hall–Kier alpha value is -2.41. The van der Waals surface area contributed by atoms with Crippen LogP contribution in [0.1, 0.15) is 61.4 Å². The second kappa shape index (κ2) is 8.99. The topological polar surface area (TPSA) is 79.0 Å². The first-order chi connectivity index (χ1) is 15.0. The van der Waals surface area contributed by atoms with E-state index in [1.165, 1.54) is 4.90 Å². The van der Waals surface area contributed by atoms with Crippen molar-refractivity contribution in [2.45, 2.75) is 64.0 Å². The zero-order valence-electron chi connectivity index (χ0n) is 18.6. The first-order valence-electron chi connectivity index (χ1n) is 11.6. The Kier molecular flexibility index (Phi) is 6.32. The average molecular weight is 428 g/mol. The fraction of sp³-hybridized carbons (Fsp3) is 0.625. The smallest absolute Gasteiger partial charge is 0.325 e. The zero-order chi connectivity index (χ0) is 22.0. The van der Waals surface area contributed by atoms with Gasteiger partial charge in [-0.15, -0.1) is 0 Å². The number of piperidine rings is 1. The molecule has 0 saturated carbocycles. The first kappa shape index (κ1) is 21.8. The third kappa shape index (κ3) is 4.07. The Labute approximate surface area is 184 Å². The summed E-state index contributed by atoms with van der Waals surface area (Å²) in [5.74, 6) is -0.0410. The van der Waals surface area contributed by atoms with Gasteiger partial charge < -0.3 is 15.0 Å². The van der Waals surface area contributed by atoms with Gasteiger partial charge in [0.1, 0.15) is 5.54 Å². The number of rotatable bonds is 6. The molecule has 7 heteroatoms. The predicted octanol–water partition coefficient (Wildman–Crippen LogP) is 3.12. The van der Waals surface area contributed by atoms with Crippen LogP contribution in [0, 0.1) is 12.8 Å². The SMILES string of the molecule is CCC[C@]1(C2CCN(C(=O)c3ccccc3C)CC2)NC(=O)N(C[C@@H]2CCCO2)C1=O. The van der Waals surface area contributed by atoms with Gasteiger partial charge in [-0.25, -0.2) is 4.79 Å². The van der Waals surface area contributed by atoms with Crippen molar-refractivity contribution in [3.05, 3.63) is 35.4 Å². The molecule has 0 radical (unpaired) electrons. The third-order valence-electron chi connectivity index (χ3n) is 7.11. The largest absolute Gasteiger partial charge is 0.376 e. The highest BCUT2D eigenvalue weighted by Crippen LogP contribution is 2.37. The van der Waals surface area contributed by atoms with E-state index in [1.54, 1.807) is 0 Å². The number of carbonyl (C=O) groups is 3. The van der Waals surface area contributed by atoms with Gasteiger partial charge in [0.15, 0.2) is 0 Å². The van der Waals surface area contributed by atoms with Crippen LogP contribution in [0.2, 0.25) is 0 Å². The van der Waals surface area contributed by atoms with Crippen molar-refractivity contribution in [1.82, 2.24) is 15.1 Å². The molecule has 0 bridgehead atoms. The Bertz CT molecular complexity index is 843. The molecule has 3 aliphatic heterocycles. The van der Waals surface area contributed by atoms with E-state index in [4.69, 9.17) is 4.74 Å². The minimum Gasteiger partial charge on any atom is -0.376 e. The van der Waals surface area contributed by atoms with Crippen LogP contribution in [0.25, 0.3) is 0 Å². The summed E-state index contributed by atoms with van der Waals surface area (Å²) in [4.78, 5) is 42.5. The maximum atomic E-state index is 13.5. The summed E-state index contributed by atoms with van der Waals surface area (Å²) >= 11 is 0. The number of benzene rings is 1. The van der Waals surface area contributed by atoms with Crippen molar-refractivity contribution in [2.24, 2.45) is 5.92 Å². The summed E-state index contributed by atoms with van der Waals surface area (Å²) in [6, 6.07) is 7.34. The van der Waals surface area contributed by atoms with Gasteiger partial charge in [0.2, 0.25) is 0 Å². The number of hydrogen-bond donors (Lipinski definition) is 1. The van der Waals surface area contributed by atoms with Gasteiger partial charge in [0.25, 0.3) is 11.8 Å². The monoisotopic (exact) mass is 427 g/mol. The number of likely N-dealkylation sites (tertiary alicyclic amines) is 1. The molecule has 3 aliphatic rings. The molecule has 3 heterocycles. The number of urea groups is 1. The number of amides is 4. The molecule has 2 atom stereocenters. The second-order valence-electron chi connectivity index (χ2n) is 9.08. The molecule has 4 rings (SSSR count). The van der Waals surface area contributed by atoms with E-state index >= 15 is 0 Å². The van der Waals surface area contributed by atoms with Crippen molar-refractivity contribution in [3.8, 4) is 0 Å². The zero-order valence-corrected chi connectivity index (χ0v) is 18.6. The highest BCUT2D eigenvalue weighted by atomic mass is 16.5. The average Bonchev–Trinajstić information content (AvgIpc) is 3.37. The molecule has 31 heavy (non-hydrogen) atoms. The number of ether oxygens (including phenoxy) is 1. The summed E-state index contributed by atoms with van der Waals surface area (Å²) in [6.45, 7) is 6.21. The molecule has 1 aromatic carbocycles. The summed E-state index contributed by atoms with van der Waals surface area (Å²) in [6.07, 6.45) is 4.65. The minimum absolute atomic E-state index is 0.0271. The molecule has 7 nitrogen and oxygen atoms in total. The molecule has 0 unspecified atom stereocenters. The van der Waals surface area contributed by atoms with E-state index < -0.39 is 5.54 Å². The summed E-state index contributed by atoms with van der Waals surface area (Å²) in [5, 5.41) is 3.08. The Morgan fingerprint density at radius 3 is 2.58 bits per heavy atom. The van der Waals surface area contributed by atoms with Crippen LogP contribution in [0.3, 0.4) is 0 Å². The second-order valence-corrected chi connectivity index (χ2v) is 9.08. The molecular weight excluding hydrogens is 394 g/mol. The van der Waals surface area contributed by atoms with Crippen LogP contribution in [-0.2, 0) is 9.53 Å². The highest BCUT2D eigenvalue weighted by Gasteiger charge is 2.55. The lowest BCUT2D eigenvalue weighted by atomic mass is 9.74. The number of hydrogen-bond acceptors (Lipinski definition) is 4. The predicted molar refractivity (Wildman–Crippen MR) is 117 cm³/mol. The van der Waals surface area contributed by atoms with Gasteiger partial charge in [-0.3, -0.25) is 14.5 Å². The molecule has 3 fully saturated rings. The van der Waals surface area contributed by atoms with Crippen LogP contribution in [0.5, 0.6) is 0 Å². The molecule has 3 saturated heterocycles. The lowest BCUT2D eigenvalue weighted by Crippen LogP contribution is -2.56. The van der Waals surface area contributed by atoms with E-state index in [1.807, 2.05) is 43.0 Å². The molecular formula is C24H33N3O4. The van der Waals surface area contributed by atoms with Gasteiger partial charge in [-0.05, 0) is 56.6 Å². The fourth-order valence-electron chi connectivity index (χ4n) is 5.41. The molecule has 4 amide bonds. The van der Waals surface area contributed by atoms with E-state index in [0.717, 1.165) is 30.4 Å². The maximum Gasteiger partial charge on any atom is 0.325 e. The van der Waals surface area contributed by atoms with Gasteiger partial charge in [-0.1, -0.05) is 31.5 Å². The molecule has 0 spiro atoms. The summed E-state index contributed by atoms with van der Waals surface area (Å²) < 4.78 is 5.66. The normalized spacial score (nSPS) is 27.1. The van der Waals surface area contributed by atoms with E-state index in [-0.39, 0.29) is 29.9 Å². The molecule has 0 aliphatic carbocycles. The summed E-state index contributed by atoms with van der Waals surface area (Å²) in [7, 11) is 0. The van der Waals surface area contributed by atoms with Crippen molar-refractivity contribution in [2.75, 3.05) is 26.2 Å². The minimum atomic E-state index is -0.859. The number of carbonyl (C=O) groups excluding carboxylic acids is 3. The molecule has 0 aromatic heterocycles. The molecule has 1 N–H and O–H groups in total. The fourth-order valence-corrected chi connectivity index (χ4v) is 5.41. The van der Waals surface area contributed by atoms with E-state index in [9.17, 15) is 14.4 Å². The standard InChI is InChI=1S/C24H33N3O4/c1-3-12-24(22(29)27(23(30)25-24)16-19-8-6-15-31-19)18-10-13-26(14-11-18)21(28)20-9-5-4-7-17(20)2/h4-5,7,9,18-19H,3,6,8,10-16H2,1-2H3,(H,25,30)/t19-,24+/m0/s1. The number of imide groups is 1. The van der Waals surface area contributed by atoms with Gasteiger partial charge in [0.05, 0.1) is 12.6 Å². The van der Waals surface area contributed by atoms with Crippen molar-refractivity contribution in [1.29, 1.82) is 0 Å². The Balaban J connectivity index is 1.46. The van der Waals surface area contributed by atoms with E-state index in [0.29, 0.717) is 45.5 Å². The van der Waals surface area contributed by atoms with Crippen LogP contribution in [0.4, 0.5) is 4.79 Å². The molecule has 168 valence electrons. The lowest BCUT2D eigenvalue weighted by molar-refractivity contribution is -0.135. The Morgan fingerprint density at radius 1 is 1.19 bits per heavy atom. The lowest BCUT2D eigenvalue weighted by Gasteiger charge is -2.41. The van der Waals surface area contributed by atoms with Gasteiger partial charge in [-0.2, -0.15) is 0 Å². The highest BCUT2D eigenvalue weighted by molar-refractivity contribution is 6.07. The number of nitrogens with one attached hydrogen (secondary N) is 1. The third-order valence-corrected chi connectivity index (χ3v) is 7.11. The van der Waals surface area contributed by atoms with E-state index in [2.05, 4.69) is 5.32 Å². The van der Waals surface area contributed by atoms with Crippen molar-refractivity contribution < 1.29 is 19.1 Å². The first-order valence-corrected chi connectivity index (χ1v) is 11.6. The van der Waals surface area contributed by atoms with Crippen molar-refractivity contribution >= 4 is 17.8 Å². The van der Waals surface area contributed by atoms with Crippen molar-refractivity contribution in [3.63, 3.8) is 0 Å². The maximum absolute atomic E-state index is 13.5. The number of nitrogens with zero attached hydrogens (tertiary/aromatic N) is 2. The van der Waals surface area contributed by atoms with Crippen LogP contribution in [0.15, 0.2) is 24.3 Å². The quantitative estimate of drug-likeness (QED) is 0.708. The van der Waals surface area contributed by atoms with Crippen LogP contribution in [-0.4, -0.2) is 65.5 Å². The molecule has 1 aromatic rings. The van der Waals surface area contributed by atoms with Gasteiger partial charge >= 0.3 is 6.03 Å². The van der Waals surface area contributed by atoms with Crippen LogP contribution < -0.4 is 5.32 Å². The summed E-state index contributed by atoms with van der Waals surface area (Å²) in [5.41, 5.74) is 0.847.